The maximum Gasteiger partial charge on any atom is 0.407 e. The minimum atomic E-state index is -1.63. The van der Waals surface area contributed by atoms with E-state index in [4.69, 9.17) is 56.8 Å². The molecule has 0 aromatic heterocycles. The van der Waals surface area contributed by atoms with Crippen molar-refractivity contribution in [1.29, 1.82) is 0 Å². The summed E-state index contributed by atoms with van der Waals surface area (Å²) in [4.78, 5) is 52.7. The van der Waals surface area contributed by atoms with Crippen molar-refractivity contribution < 1.29 is 76.0 Å². The van der Waals surface area contributed by atoms with Crippen LogP contribution in [0.4, 0.5) is 4.79 Å². The summed E-state index contributed by atoms with van der Waals surface area (Å²) >= 11 is 0. The lowest BCUT2D eigenvalue weighted by atomic mass is 9.94. The van der Waals surface area contributed by atoms with E-state index in [1.165, 1.54) is 28.1 Å². The first kappa shape index (κ1) is 48.5. The zero-order chi connectivity index (χ0) is 46.1. The Bertz CT molecular complexity index is 2090. The van der Waals surface area contributed by atoms with Gasteiger partial charge < -0.3 is 62.2 Å². The number of carbonyl (C=O) groups excluding carboxylic acids is 4. The van der Waals surface area contributed by atoms with E-state index in [-0.39, 0.29) is 33.0 Å². The van der Waals surface area contributed by atoms with E-state index in [0.29, 0.717) is 5.75 Å². The van der Waals surface area contributed by atoms with Gasteiger partial charge in [0.2, 0.25) is 0 Å². The molecule has 1 amide bonds. The van der Waals surface area contributed by atoms with Gasteiger partial charge in [-0.2, -0.15) is 0 Å². The van der Waals surface area contributed by atoms with Crippen LogP contribution in [-0.4, -0.2) is 113 Å². The van der Waals surface area contributed by atoms with E-state index in [2.05, 4.69) is 5.32 Å². The van der Waals surface area contributed by atoms with Crippen LogP contribution in [0, 0.1) is 0 Å². The van der Waals surface area contributed by atoms with Gasteiger partial charge in [-0.1, -0.05) is 103 Å². The summed E-state index contributed by atoms with van der Waals surface area (Å²) in [6, 6.07) is 33.5. The molecule has 2 heterocycles. The minimum Gasteiger partial charge on any atom is -0.497 e. The predicted molar refractivity (Wildman–Crippen MR) is 229 cm³/mol. The highest BCUT2D eigenvalue weighted by molar-refractivity contribution is 5.76. The number of hydrogen-bond acceptors (Lipinski definition) is 16. The number of carbonyl (C=O) groups is 4. The second-order valence-electron chi connectivity index (χ2n) is 15.1. The average molecular weight is 902 g/mol. The lowest BCUT2D eigenvalue weighted by Gasteiger charge is -2.49. The molecule has 4 aromatic carbocycles. The molecule has 17 nitrogen and oxygen atoms in total. The summed E-state index contributed by atoms with van der Waals surface area (Å²) in [5.41, 5.74) is 2.99. The van der Waals surface area contributed by atoms with E-state index >= 15 is 0 Å². The summed E-state index contributed by atoms with van der Waals surface area (Å²) < 4.78 is 72.7. The number of alkyl carbamates (subject to hydrolysis) is 1. The quantitative estimate of drug-likeness (QED) is 0.0899. The predicted octanol–water partition coefficient (Wildman–Crippen LogP) is 5.20. The van der Waals surface area contributed by atoms with Crippen LogP contribution in [0.2, 0.25) is 0 Å². The number of methoxy groups -OCH3 is 3. The van der Waals surface area contributed by atoms with Gasteiger partial charge in [-0.3, -0.25) is 9.59 Å². The standard InChI is InChI=1S/C48H55NO16/c1-30(50)57-29-37-39(40(58-25-32-15-9-6-10-16-32)38(46(56-5)63-37)49-48(53)61-28-34-19-13-8-14-20-34)64-47-44(62-31(2)51)42(60-26-33-17-11-7-12-18-33)41(43(65-47)45(52)55-4)59-27-35-21-23-36(54-3)24-22-35/h6-24,37-44,46-47H,25-29H2,1-5H3,(H,49,53)/t37-,38-,39-,40-,41+,42+,43-,44-,46+,47-/m1/s1. The molecule has 0 bridgehead atoms. The molecule has 348 valence electrons. The average Bonchev–Trinajstić information content (AvgIpc) is 3.32. The molecule has 10 atom stereocenters. The van der Waals surface area contributed by atoms with Crippen LogP contribution < -0.4 is 10.1 Å². The van der Waals surface area contributed by atoms with Gasteiger partial charge in [0.25, 0.3) is 0 Å². The van der Waals surface area contributed by atoms with E-state index in [0.717, 1.165) is 22.3 Å². The first-order valence-corrected chi connectivity index (χ1v) is 21.0. The molecule has 0 aliphatic carbocycles. The monoisotopic (exact) mass is 901 g/mol. The van der Waals surface area contributed by atoms with Crippen LogP contribution in [0.1, 0.15) is 36.1 Å². The molecule has 2 aliphatic rings. The molecule has 65 heavy (non-hydrogen) atoms. The van der Waals surface area contributed by atoms with E-state index in [9.17, 15) is 19.2 Å². The smallest absolute Gasteiger partial charge is 0.407 e. The van der Waals surface area contributed by atoms with Crippen molar-refractivity contribution in [3.63, 3.8) is 0 Å². The highest BCUT2D eigenvalue weighted by Gasteiger charge is 2.57. The van der Waals surface area contributed by atoms with Crippen molar-refractivity contribution in [2.75, 3.05) is 27.9 Å². The van der Waals surface area contributed by atoms with Gasteiger partial charge in [-0.15, -0.1) is 0 Å². The van der Waals surface area contributed by atoms with Crippen molar-refractivity contribution in [3.8, 4) is 5.75 Å². The van der Waals surface area contributed by atoms with Gasteiger partial charge in [-0.25, -0.2) is 9.59 Å². The molecule has 2 saturated heterocycles. The van der Waals surface area contributed by atoms with Crippen LogP contribution >= 0.6 is 0 Å². The van der Waals surface area contributed by atoms with Crippen molar-refractivity contribution in [1.82, 2.24) is 5.32 Å². The number of hydrogen-bond donors (Lipinski definition) is 1. The molecule has 2 fully saturated rings. The fraction of sp³-hybridized carbons (Fsp3) is 0.417. The molecule has 17 heteroatoms. The van der Waals surface area contributed by atoms with E-state index < -0.39 is 85.4 Å². The third-order valence-electron chi connectivity index (χ3n) is 10.5. The molecule has 2 aliphatic heterocycles. The van der Waals surface area contributed by atoms with Crippen LogP contribution in [0.5, 0.6) is 5.75 Å². The van der Waals surface area contributed by atoms with Crippen LogP contribution in [0.15, 0.2) is 115 Å². The van der Waals surface area contributed by atoms with Crippen LogP contribution in [-0.2, 0) is 92.9 Å². The molecule has 1 N–H and O–H groups in total. The molecule has 0 saturated carbocycles. The van der Waals surface area contributed by atoms with Gasteiger partial charge >= 0.3 is 24.0 Å². The zero-order valence-corrected chi connectivity index (χ0v) is 36.8. The Hall–Kier alpha value is -5.92. The second kappa shape index (κ2) is 24.4. The Morgan fingerprint density at radius 3 is 1.62 bits per heavy atom. The summed E-state index contributed by atoms with van der Waals surface area (Å²) in [6.07, 6.45) is -12.8. The topological polar surface area (TPSA) is 191 Å². The largest absolute Gasteiger partial charge is 0.497 e. The third kappa shape index (κ3) is 13.8. The Labute approximate surface area is 377 Å². The summed E-state index contributed by atoms with van der Waals surface area (Å²) in [6.45, 7) is 1.94. The summed E-state index contributed by atoms with van der Waals surface area (Å²) in [7, 11) is 4.11. The molecule has 4 aromatic rings. The highest BCUT2D eigenvalue weighted by Crippen LogP contribution is 2.36. The Morgan fingerprint density at radius 1 is 0.554 bits per heavy atom. The fourth-order valence-electron chi connectivity index (χ4n) is 7.37. The normalized spacial score (nSPS) is 25.1. The first-order valence-electron chi connectivity index (χ1n) is 21.0. The van der Waals surface area contributed by atoms with Crippen molar-refractivity contribution in [2.45, 2.75) is 102 Å². The maximum atomic E-state index is 13.8. The summed E-state index contributed by atoms with van der Waals surface area (Å²) in [5, 5.41) is 2.83. The number of benzene rings is 4. The van der Waals surface area contributed by atoms with Gasteiger partial charge in [0.15, 0.2) is 24.8 Å². The van der Waals surface area contributed by atoms with Crippen molar-refractivity contribution >= 4 is 24.0 Å². The Balaban J connectivity index is 1.39. The summed E-state index contributed by atoms with van der Waals surface area (Å²) in [5.74, 6) is -1.58. The van der Waals surface area contributed by atoms with Gasteiger partial charge in [0.05, 0.1) is 34.0 Å². The first-order chi connectivity index (χ1) is 31.6. The Kier molecular flexibility index (Phi) is 18.2. The molecular weight excluding hydrogens is 847 g/mol. The van der Waals surface area contributed by atoms with E-state index in [1.54, 1.807) is 43.5 Å². The highest BCUT2D eigenvalue weighted by atomic mass is 16.8. The van der Waals surface area contributed by atoms with Gasteiger partial charge in [0, 0.05) is 21.0 Å². The second-order valence-corrected chi connectivity index (χ2v) is 15.1. The molecule has 0 spiro atoms. The van der Waals surface area contributed by atoms with E-state index in [1.807, 2.05) is 78.9 Å². The molecule has 0 radical (unpaired) electrons. The number of rotatable bonds is 20. The van der Waals surface area contributed by atoms with Crippen molar-refractivity contribution in [2.24, 2.45) is 0 Å². The zero-order valence-electron chi connectivity index (χ0n) is 36.8. The molecular formula is C48H55NO16. The number of nitrogens with one attached hydrogen (secondary N) is 1. The van der Waals surface area contributed by atoms with Gasteiger partial charge in [-0.05, 0) is 34.4 Å². The number of ether oxygens (including phenoxy) is 12. The fourth-order valence-corrected chi connectivity index (χ4v) is 7.37. The molecule has 0 unspecified atom stereocenters. The maximum absolute atomic E-state index is 13.8. The third-order valence-corrected chi connectivity index (χ3v) is 10.5. The number of amides is 1. The van der Waals surface area contributed by atoms with Crippen LogP contribution in [0.25, 0.3) is 0 Å². The Morgan fingerprint density at radius 2 is 1.09 bits per heavy atom. The number of esters is 3. The van der Waals surface area contributed by atoms with Crippen LogP contribution in [0.3, 0.4) is 0 Å². The van der Waals surface area contributed by atoms with Crippen molar-refractivity contribution in [3.05, 3.63) is 138 Å². The molecule has 6 rings (SSSR count). The SMILES string of the molecule is COC(=O)[C@@H]1O[C@@H](O[C@H]2[C@H](OCc3ccccc3)[C@@H](NC(=O)OCc3ccccc3)[C@@H](OC)O[C@@H]2COC(C)=O)[C@H](OC(C)=O)[C@@H](OCc2ccccc2)[C@@H]1OCc1ccc(OC)cc1. The van der Waals surface area contributed by atoms with Gasteiger partial charge in [0.1, 0.15) is 55.5 Å². The lowest BCUT2D eigenvalue weighted by molar-refractivity contribution is -0.353. The minimum absolute atomic E-state index is 0.00685. The lowest BCUT2D eigenvalue weighted by Crippen LogP contribution is -2.69.